The van der Waals surface area contributed by atoms with E-state index < -0.39 is 0 Å². The minimum absolute atomic E-state index is 0.160. The molecule has 0 bridgehead atoms. The molecule has 82 valence electrons. The minimum Gasteiger partial charge on any atom is -0.488 e. The largest absolute Gasteiger partial charge is 0.488 e. The predicted molar refractivity (Wildman–Crippen MR) is 58.0 cm³/mol. The van der Waals surface area contributed by atoms with Crippen molar-refractivity contribution in [2.24, 2.45) is 10.7 Å². The first kappa shape index (κ1) is 10.3. The third-order valence-electron chi connectivity index (χ3n) is 2.17. The highest BCUT2D eigenvalue weighted by Gasteiger charge is 2.18. The van der Waals surface area contributed by atoms with E-state index in [1.54, 1.807) is 18.2 Å². The molecule has 0 fully saturated rings. The lowest BCUT2D eigenvalue weighted by Crippen LogP contribution is -2.24. The van der Waals surface area contributed by atoms with Crippen molar-refractivity contribution < 1.29 is 9.47 Å². The summed E-state index contributed by atoms with van der Waals surface area (Å²) in [7, 11) is 0. The molecule has 16 heavy (non-hydrogen) atoms. The molecule has 0 aliphatic carbocycles. The fourth-order valence-corrected chi connectivity index (χ4v) is 1.39. The van der Waals surface area contributed by atoms with Gasteiger partial charge >= 0.3 is 0 Å². The number of aliphatic imine (C=N–C) groups is 1. The highest BCUT2D eigenvalue weighted by atomic mass is 16.5. The Morgan fingerprint density at radius 1 is 1.56 bits per heavy atom. The van der Waals surface area contributed by atoms with Gasteiger partial charge in [-0.2, -0.15) is 5.26 Å². The second-order valence-corrected chi connectivity index (χ2v) is 3.34. The maximum Gasteiger partial charge on any atom is 0.282 e. The molecule has 5 heteroatoms. The third kappa shape index (κ3) is 2.23. The number of rotatable bonds is 3. The molecule has 5 nitrogen and oxygen atoms in total. The van der Waals surface area contributed by atoms with E-state index in [1.807, 2.05) is 6.07 Å². The zero-order valence-electron chi connectivity index (χ0n) is 8.59. The maximum atomic E-state index is 8.85. The van der Waals surface area contributed by atoms with Gasteiger partial charge in [0, 0.05) is 0 Å². The fraction of sp³-hybridized carbons (Fsp3) is 0.273. The van der Waals surface area contributed by atoms with Crippen LogP contribution in [0.1, 0.15) is 5.56 Å². The van der Waals surface area contributed by atoms with E-state index in [0.717, 1.165) is 0 Å². The summed E-state index contributed by atoms with van der Waals surface area (Å²) < 4.78 is 10.7. The van der Waals surface area contributed by atoms with Crippen molar-refractivity contribution >= 4 is 6.02 Å². The monoisotopic (exact) mass is 217 g/mol. The van der Waals surface area contributed by atoms with Crippen LogP contribution in [-0.2, 0) is 4.74 Å². The molecule has 0 saturated heterocycles. The maximum absolute atomic E-state index is 8.85. The molecule has 0 amide bonds. The third-order valence-corrected chi connectivity index (χ3v) is 2.17. The summed E-state index contributed by atoms with van der Waals surface area (Å²) in [5.74, 6) is 0.555. The number of para-hydroxylation sites is 1. The van der Waals surface area contributed by atoms with Gasteiger partial charge in [0.1, 0.15) is 18.4 Å². The lowest BCUT2D eigenvalue weighted by molar-refractivity contribution is 0.141. The lowest BCUT2D eigenvalue weighted by atomic mass is 10.2. The molecular weight excluding hydrogens is 206 g/mol. The molecule has 1 atom stereocenters. The molecule has 2 rings (SSSR count). The molecule has 1 aromatic rings. The fourth-order valence-electron chi connectivity index (χ4n) is 1.39. The number of nitrogens with two attached hydrogens (primary N) is 1. The second kappa shape index (κ2) is 4.53. The van der Waals surface area contributed by atoms with Gasteiger partial charge in [-0.05, 0) is 12.1 Å². The van der Waals surface area contributed by atoms with Crippen molar-refractivity contribution in [1.82, 2.24) is 0 Å². The Hall–Kier alpha value is -2.22. The number of benzene rings is 1. The normalized spacial score (nSPS) is 18.4. The Morgan fingerprint density at radius 2 is 2.38 bits per heavy atom. The summed E-state index contributed by atoms with van der Waals surface area (Å²) in [6.45, 7) is 0.837. The second-order valence-electron chi connectivity index (χ2n) is 3.34. The average molecular weight is 217 g/mol. The summed E-state index contributed by atoms with van der Waals surface area (Å²) in [6.07, 6.45) is -0.160. The summed E-state index contributed by atoms with van der Waals surface area (Å²) in [6, 6.07) is 9.32. The van der Waals surface area contributed by atoms with E-state index in [2.05, 4.69) is 11.1 Å². The molecule has 0 aromatic heterocycles. The van der Waals surface area contributed by atoms with Crippen LogP contribution in [0.15, 0.2) is 29.3 Å². The number of ether oxygens (including phenoxy) is 2. The zero-order valence-corrected chi connectivity index (χ0v) is 8.59. The van der Waals surface area contributed by atoms with Gasteiger partial charge in [-0.25, -0.2) is 4.99 Å². The lowest BCUT2D eigenvalue weighted by Gasteiger charge is -2.12. The topological polar surface area (TPSA) is 80.6 Å². The first-order chi connectivity index (χ1) is 7.79. The van der Waals surface area contributed by atoms with Gasteiger partial charge in [0.15, 0.2) is 6.10 Å². The van der Waals surface area contributed by atoms with Crippen LogP contribution in [0.4, 0.5) is 0 Å². The van der Waals surface area contributed by atoms with Gasteiger partial charge < -0.3 is 15.2 Å². The van der Waals surface area contributed by atoms with Crippen LogP contribution in [0, 0.1) is 11.3 Å². The van der Waals surface area contributed by atoms with Gasteiger partial charge in [-0.3, -0.25) is 0 Å². The molecule has 1 aliphatic rings. The van der Waals surface area contributed by atoms with E-state index in [0.29, 0.717) is 24.5 Å². The van der Waals surface area contributed by atoms with Crippen molar-refractivity contribution in [2.75, 3.05) is 13.2 Å². The Balaban J connectivity index is 1.93. The number of nitrogens with zero attached hydrogens (tertiary/aromatic N) is 2. The van der Waals surface area contributed by atoms with E-state index in [1.165, 1.54) is 0 Å². The Kier molecular flexibility index (Phi) is 2.92. The van der Waals surface area contributed by atoms with Crippen LogP contribution in [-0.4, -0.2) is 25.3 Å². The first-order valence-corrected chi connectivity index (χ1v) is 4.88. The van der Waals surface area contributed by atoms with Crippen LogP contribution < -0.4 is 10.5 Å². The Bertz CT molecular complexity index is 451. The highest BCUT2D eigenvalue weighted by Crippen LogP contribution is 2.17. The van der Waals surface area contributed by atoms with Crippen molar-refractivity contribution in [3.63, 3.8) is 0 Å². The minimum atomic E-state index is -0.160. The number of hydrogen-bond acceptors (Lipinski definition) is 5. The molecular formula is C11H11N3O2. The summed E-state index contributed by atoms with van der Waals surface area (Å²) in [5.41, 5.74) is 5.88. The smallest absolute Gasteiger partial charge is 0.282 e. The molecule has 1 unspecified atom stereocenters. The predicted octanol–water partition coefficient (Wildman–Crippen LogP) is 0.651. The van der Waals surface area contributed by atoms with Crippen molar-refractivity contribution in [3.05, 3.63) is 29.8 Å². The molecule has 0 saturated carbocycles. The van der Waals surface area contributed by atoms with Crippen molar-refractivity contribution in [1.29, 1.82) is 5.26 Å². The molecule has 0 radical (unpaired) electrons. The van der Waals surface area contributed by atoms with Crippen LogP contribution >= 0.6 is 0 Å². The molecule has 1 aliphatic heterocycles. The molecule has 1 heterocycles. The molecule has 1 aromatic carbocycles. The first-order valence-electron chi connectivity index (χ1n) is 4.88. The highest BCUT2D eigenvalue weighted by molar-refractivity contribution is 5.73. The molecule has 2 N–H and O–H groups in total. The van der Waals surface area contributed by atoms with E-state index in [-0.39, 0.29) is 12.1 Å². The van der Waals surface area contributed by atoms with E-state index in [9.17, 15) is 0 Å². The van der Waals surface area contributed by atoms with Gasteiger partial charge in [0.2, 0.25) is 0 Å². The van der Waals surface area contributed by atoms with Crippen LogP contribution in [0.25, 0.3) is 0 Å². The standard InChI is InChI=1S/C11H11N3O2/c12-5-8-3-1-2-4-10(8)15-7-9-6-14-11(13)16-9/h1-4,9H,6-7H2,(H2,13,14). The van der Waals surface area contributed by atoms with Crippen LogP contribution in [0.3, 0.4) is 0 Å². The van der Waals surface area contributed by atoms with Crippen LogP contribution in [0.2, 0.25) is 0 Å². The summed E-state index contributed by atoms with van der Waals surface area (Å²) >= 11 is 0. The van der Waals surface area contributed by atoms with Gasteiger partial charge in [-0.1, -0.05) is 12.1 Å². The average Bonchev–Trinajstić information content (AvgIpc) is 2.73. The quantitative estimate of drug-likeness (QED) is 0.806. The van der Waals surface area contributed by atoms with Gasteiger partial charge in [0.25, 0.3) is 6.02 Å². The summed E-state index contributed by atoms with van der Waals surface area (Å²) in [5, 5.41) is 8.85. The van der Waals surface area contributed by atoms with E-state index >= 15 is 0 Å². The number of amidine groups is 1. The van der Waals surface area contributed by atoms with Gasteiger partial charge in [-0.15, -0.1) is 0 Å². The SMILES string of the molecule is N#Cc1ccccc1OCC1CN=C(N)O1. The van der Waals surface area contributed by atoms with Gasteiger partial charge in [0.05, 0.1) is 12.1 Å². The van der Waals surface area contributed by atoms with Crippen LogP contribution in [0.5, 0.6) is 5.75 Å². The van der Waals surface area contributed by atoms with Crippen molar-refractivity contribution in [3.8, 4) is 11.8 Å². The number of nitriles is 1. The van der Waals surface area contributed by atoms with E-state index in [4.69, 9.17) is 20.5 Å². The Labute approximate surface area is 93.1 Å². The summed E-state index contributed by atoms with van der Waals surface area (Å²) in [4.78, 5) is 3.90. The van der Waals surface area contributed by atoms with Crippen molar-refractivity contribution in [2.45, 2.75) is 6.10 Å². The zero-order chi connectivity index (χ0) is 11.4. The number of hydrogen-bond donors (Lipinski definition) is 1. The molecule has 0 spiro atoms. The Morgan fingerprint density at radius 3 is 3.06 bits per heavy atom.